The van der Waals surface area contributed by atoms with E-state index in [9.17, 15) is 4.39 Å². The Hall–Kier alpha value is -0.890. The zero-order valence-corrected chi connectivity index (χ0v) is 9.66. The molecule has 0 amide bonds. The monoisotopic (exact) mass is 221 g/mol. The Kier molecular flexibility index (Phi) is 3.94. The van der Waals surface area contributed by atoms with Gasteiger partial charge in [0.1, 0.15) is 5.82 Å². The molecule has 1 saturated carbocycles. The van der Waals surface area contributed by atoms with Crippen LogP contribution in [-0.2, 0) is 6.42 Å². The molecule has 0 bridgehead atoms. The molecule has 0 aromatic heterocycles. The van der Waals surface area contributed by atoms with Crippen LogP contribution in [0.2, 0.25) is 0 Å². The molecule has 88 valence electrons. The van der Waals surface area contributed by atoms with Crippen molar-refractivity contribution < 1.29 is 4.39 Å². The number of hydrogen-bond acceptors (Lipinski definition) is 1. The Bertz CT molecular complexity index is 314. The Labute approximate surface area is 96.9 Å². The average Bonchev–Trinajstić information content (AvgIpc) is 2.74. The van der Waals surface area contributed by atoms with E-state index in [-0.39, 0.29) is 11.9 Å². The maximum atomic E-state index is 12.7. The molecule has 2 rings (SSSR count). The van der Waals surface area contributed by atoms with Crippen molar-refractivity contribution in [3.8, 4) is 0 Å². The fourth-order valence-corrected chi connectivity index (χ4v) is 2.68. The fourth-order valence-electron chi connectivity index (χ4n) is 2.68. The van der Waals surface area contributed by atoms with Crippen LogP contribution in [0.5, 0.6) is 0 Å². The third-order valence-electron chi connectivity index (χ3n) is 3.52. The van der Waals surface area contributed by atoms with Gasteiger partial charge in [0.25, 0.3) is 0 Å². The second kappa shape index (κ2) is 5.44. The molecule has 1 aliphatic rings. The first-order chi connectivity index (χ1) is 7.74. The van der Waals surface area contributed by atoms with Crippen LogP contribution in [0.4, 0.5) is 4.39 Å². The molecule has 16 heavy (non-hydrogen) atoms. The summed E-state index contributed by atoms with van der Waals surface area (Å²) < 4.78 is 12.7. The second-order valence-corrected chi connectivity index (χ2v) is 4.98. The van der Waals surface area contributed by atoms with E-state index >= 15 is 0 Å². The molecule has 1 unspecified atom stereocenters. The molecule has 1 aromatic rings. The van der Waals surface area contributed by atoms with Crippen LogP contribution in [0.15, 0.2) is 24.3 Å². The van der Waals surface area contributed by atoms with Gasteiger partial charge in [-0.15, -0.1) is 0 Å². The summed E-state index contributed by atoms with van der Waals surface area (Å²) in [5.74, 6) is 0.656. The number of rotatable bonds is 4. The molecular formula is C14H20FN. The predicted molar refractivity (Wildman–Crippen MR) is 64.7 cm³/mol. The molecule has 0 spiro atoms. The Morgan fingerprint density at radius 3 is 2.44 bits per heavy atom. The topological polar surface area (TPSA) is 26.0 Å². The maximum absolute atomic E-state index is 12.7. The van der Waals surface area contributed by atoms with Gasteiger partial charge in [0, 0.05) is 6.04 Å². The zero-order chi connectivity index (χ0) is 11.4. The van der Waals surface area contributed by atoms with Gasteiger partial charge in [0.2, 0.25) is 0 Å². The summed E-state index contributed by atoms with van der Waals surface area (Å²) in [6, 6.07) is 6.93. The van der Waals surface area contributed by atoms with Crippen molar-refractivity contribution in [2.45, 2.75) is 44.6 Å². The van der Waals surface area contributed by atoms with Gasteiger partial charge in [-0.05, 0) is 36.5 Å². The number of hydrogen-bond donors (Lipinski definition) is 1. The highest BCUT2D eigenvalue weighted by molar-refractivity contribution is 5.17. The van der Waals surface area contributed by atoms with Crippen LogP contribution < -0.4 is 5.73 Å². The summed E-state index contributed by atoms with van der Waals surface area (Å²) in [4.78, 5) is 0. The van der Waals surface area contributed by atoms with Crippen LogP contribution >= 0.6 is 0 Å². The molecular weight excluding hydrogens is 201 g/mol. The SMILES string of the molecule is NC(Cc1ccc(F)cc1)CC1CCCC1. The molecule has 0 aliphatic heterocycles. The molecule has 1 aliphatic carbocycles. The summed E-state index contributed by atoms with van der Waals surface area (Å²) in [5.41, 5.74) is 7.28. The molecule has 1 fully saturated rings. The van der Waals surface area contributed by atoms with E-state index in [1.807, 2.05) is 12.1 Å². The van der Waals surface area contributed by atoms with Gasteiger partial charge in [-0.3, -0.25) is 0 Å². The lowest BCUT2D eigenvalue weighted by molar-refractivity contribution is 0.440. The smallest absolute Gasteiger partial charge is 0.123 e. The third-order valence-corrected chi connectivity index (χ3v) is 3.52. The summed E-state index contributed by atoms with van der Waals surface area (Å²) in [5, 5.41) is 0. The molecule has 2 heteroatoms. The first-order valence-electron chi connectivity index (χ1n) is 6.24. The third kappa shape index (κ3) is 3.31. The van der Waals surface area contributed by atoms with E-state index in [1.165, 1.54) is 37.8 Å². The standard InChI is InChI=1S/C14H20FN/c15-13-7-5-12(6-8-13)10-14(16)9-11-3-1-2-4-11/h5-8,11,14H,1-4,9-10,16H2. The van der Waals surface area contributed by atoms with Crippen molar-refractivity contribution in [3.05, 3.63) is 35.6 Å². The molecule has 0 heterocycles. The molecule has 2 N–H and O–H groups in total. The summed E-state index contributed by atoms with van der Waals surface area (Å²) >= 11 is 0. The quantitative estimate of drug-likeness (QED) is 0.829. The van der Waals surface area contributed by atoms with E-state index in [4.69, 9.17) is 5.73 Å². The van der Waals surface area contributed by atoms with Gasteiger partial charge in [-0.2, -0.15) is 0 Å². The van der Waals surface area contributed by atoms with Crippen LogP contribution in [0.1, 0.15) is 37.7 Å². The minimum absolute atomic E-state index is 0.173. The lowest BCUT2D eigenvalue weighted by Crippen LogP contribution is -2.25. The largest absolute Gasteiger partial charge is 0.327 e. The van der Waals surface area contributed by atoms with Crippen molar-refractivity contribution in [1.82, 2.24) is 0 Å². The lowest BCUT2D eigenvalue weighted by atomic mass is 9.95. The first-order valence-corrected chi connectivity index (χ1v) is 6.24. The van der Waals surface area contributed by atoms with E-state index in [1.54, 1.807) is 0 Å². The van der Waals surface area contributed by atoms with Gasteiger partial charge >= 0.3 is 0 Å². The molecule has 1 aromatic carbocycles. The van der Waals surface area contributed by atoms with Gasteiger partial charge in [-0.1, -0.05) is 37.8 Å². The highest BCUT2D eigenvalue weighted by Gasteiger charge is 2.18. The van der Waals surface area contributed by atoms with Crippen LogP contribution in [0.25, 0.3) is 0 Å². The normalized spacial score (nSPS) is 18.9. The van der Waals surface area contributed by atoms with Gasteiger partial charge in [0.05, 0.1) is 0 Å². The Morgan fingerprint density at radius 2 is 1.81 bits per heavy atom. The van der Waals surface area contributed by atoms with E-state index in [0.717, 1.165) is 24.3 Å². The highest BCUT2D eigenvalue weighted by atomic mass is 19.1. The van der Waals surface area contributed by atoms with Crippen LogP contribution in [-0.4, -0.2) is 6.04 Å². The number of nitrogens with two attached hydrogens (primary N) is 1. The lowest BCUT2D eigenvalue weighted by Gasteiger charge is -2.16. The summed E-state index contributed by atoms with van der Waals surface area (Å²) in [7, 11) is 0. The van der Waals surface area contributed by atoms with E-state index in [2.05, 4.69) is 0 Å². The van der Waals surface area contributed by atoms with E-state index < -0.39 is 0 Å². The Balaban J connectivity index is 1.81. The van der Waals surface area contributed by atoms with Crippen LogP contribution in [0, 0.1) is 11.7 Å². The summed E-state index contributed by atoms with van der Waals surface area (Å²) in [6.07, 6.45) is 7.42. The van der Waals surface area contributed by atoms with Crippen molar-refractivity contribution in [2.75, 3.05) is 0 Å². The highest BCUT2D eigenvalue weighted by Crippen LogP contribution is 2.28. The number of benzene rings is 1. The zero-order valence-electron chi connectivity index (χ0n) is 9.66. The number of halogens is 1. The summed E-state index contributed by atoms with van der Waals surface area (Å²) in [6.45, 7) is 0. The fraction of sp³-hybridized carbons (Fsp3) is 0.571. The van der Waals surface area contributed by atoms with E-state index in [0.29, 0.717) is 0 Å². The molecule has 0 saturated heterocycles. The maximum Gasteiger partial charge on any atom is 0.123 e. The second-order valence-electron chi connectivity index (χ2n) is 4.98. The van der Waals surface area contributed by atoms with Gasteiger partial charge in [0.15, 0.2) is 0 Å². The molecule has 0 radical (unpaired) electrons. The Morgan fingerprint density at radius 1 is 1.19 bits per heavy atom. The average molecular weight is 221 g/mol. The predicted octanol–water partition coefficient (Wildman–Crippen LogP) is 3.28. The van der Waals surface area contributed by atoms with Crippen molar-refractivity contribution in [1.29, 1.82) is 0 Å². The first kappa shape index (κ1) is 11.6. The molecule has 1 nitrogen and oxygen atoms in total. The van der Waals surface area contributed by atoms with Gasteiger partial charge < -0.3 is 5.73 Å². The minimum Gasteiger partial charge on any atom is -0.327 e. The van der Waals surface area contributed by atoms with Crippen molar-refractivity contribution in [2.24, 2.45) is 11.7 Å². The van der Waals surface area contributed by atoms with Gasteiger partial charge in [-0.25, -0.2) is 4.39 Å². The molecule has 1 atom stereocenters. The van der Waals surface area contributed by atoms with Crippen molar-refractivity contribution in [3.63, 3.8) is 0 Å². The van der Waals surface area contributed by atoms with Crippen LogP contribution in [0.3, 0.4) is 0 Å². The minimum atomic E-state index is -0.173. The van der Waals surface area contributed by atoms with Crippen molar-refractivity contribution >= 4 is 0 Å².